The van der Waals surface area contributed by atoms with E-state index in [1.165, 1.54) is 11.3 Å². The van der Waals surface area contributed by atoms with E-state index in [1.807, 2.05) is 11.3 Å². The Bertz CT molecular complexity index is 273. The summed E-state index contributed by atoms with van der Waals surface area (Å²) in [6.45, 7) is 4.13. The Morgan fingerprint density at radius 2 is 2.53 bits per heavy atom. The van der Waals surface area contributed by atoms with Gasteiger partial charge in [0.2, 0.25) is 0 Å². The average Bonchev–Trinajstić information content (AvgIpc) is 2.79. The molecule has 0 saturated carbocycles. The molecule has 0 aliphatic carbocycles. The Hall–Kier alpha value is -0.380. The second-order valence-corrected chi connectivity index (χ2v) is 5.11. The number of hydrogen-bond acceptors (Lipinski definition) is 3. The summed E-state index contributed by atoms with van der Waals surface area (Å²) in [7, 11) is 0. The zero-order chi connectivity index (χ0) is 10.5. The molecule has 0 bridgehead atoms. The fourth-order valence-corrected chi connectivity index (χ4v) is 2.66. The molecule has 2 nitrogen and oxygen atoms in total. The SMILES string of the molecule is CCC1CC(NCc2cccs2)CCO1. The molecule has 15 heavy (non-hydrogen) atoms. The summed E-state index contributed by atoms with van der Waals surface area (Å²) < 4.78 is 5.66. The fraction of sp³-hybridized carbons (Fsp3) is 0.667. The van der Waals surface area contributed by atoms with Crippen LogP contribution in [0.2, 0.25) is 0 Å². The number of hydrogen-bond donors (Lipinski definition) is 1. The van der Waals surface area contributed by atoms with Crippen molar-refractivity contribution in [3.63, 3.8) is 0 Å². The largest absolute Gasteiger partial charge is 0.378 e. The van der Waals surface area contributed by atoms with Crippen molar-refractivity contribution in [1.29, 1.82) is 0 Å². The summed E-state index contributed by atoms with van der Waals surface area (Å²) in [4.78, 5) is 1.43. The summed E-state index contributed by atoms with van der Waals surface area (Å²) >= 11 is 1.82. The monoisotopic (exact) mass is 225 g/mol. The van der Waals surface area contributed by atoms with Crippen LogP contribution >= 0.6 is 11.3 Å². The molecular formula is C12H19NOS. The molecule has 1 fully saturated rings. The lowest BCUT2D eigenvalue weighted by Crippen LogP contribution is -2.38. The first-order chi connectivity index (χ1) is 7.38. The maximum atomic E-state index is 5.66. The topological polar surface area (TPSA) is 21.3 Å². The third-order valence-electron chi connectivity index (χ3n) is 2.97. The maximum Gasteiger partial charge on any atom is 0.0587 e. The van der Waals surface area contributed by atoms with E-state index < -0.39 is 0 Å². The van der Waals surface area contributed by atoms with E-state index in [0.717, 1.165) is 26.0 Å². The van der Waals surface area contributed by atoms with Crippen LogP contribution in [0.5, 0.6) is 0 Å². The molecule has 2 atom stereocenters. The Morgan fingerprint density at radius 3 is 3.27 bits per heavy atom. The molecule has 1 aliphatic rings. The predicted molar refractivity (Wildman–Crippen MR) is 64.2 cm³/mol. The van der Waals surface area contributed by atoms with Crippen LogP contribution in [0.1, 0.15) is 31.1 Å². The van der Waals surface area contributed by atoms with E-state index in [-0.39, 0.29) is 0 Å². The lowest BCUT2D eigenvalue weighted by atomic mass is 10.0. The van der Waals surface area contributed by atoms with Crippen LogP contribution in [0.4, 0.5) is 0 Å². The van der Waals surface area contributed by atoms with Crippen LogP contribution in [-0.2, 0) is 11.3 Å². The highest BCUT2D eigenvalue weighted by molar-refractivity contribution is 7.09. The van der Waals surface area contributed by atoms with Gasteiger partial charge in [-0.25, -0.2) is 0 Å². The third-order valence-corrected chi connectivity index (χ3v) is 3.84. The summed E-state index contributed by atoms with van der Waals surface area (Å²) in [5.74, 6) is 0. The standard InChI is InChI=1S/C12H19NOS/c1-2-11-8-10(5-6-14-11)13-9-12-4-3-7-15-12/h3-4,7,10-11,13H,2,5-6,8-9H2,1H3. The molecule has 2 heterocycles. The minimum Gasteiger partial charge on any atom is -0.378 e. The number of rotatable bonds is 4. The Kier molecular flexibility index (Phi) is 4.18. The van der Waals surface area contributed by atoms with E-state index in [2.05, 4.69) is 29.8 Å². The normalized spacial score (nSPS) is 26.7. The van der Waals surface area contributed by atoms with E-state index in [4.69, 9.17) is 4.74 Å². The van der Waals surface area contributed by atoms with E-state index in [0.29, 0.717) is 12.1 Å². The first kappa shape index (κ1) is 11.1. The summed E-state index contributed by atoms with van der Waals surface area (Å²) in [5, 5.41) is 5.75. The van der Waals surface area contributed by atoms with E-state index >= 15 is 0 Å². The van der Waals surface area contributed by atoms with E-state index in [1.54, 1.807) is 0 Å². The van der Waals surface area contributed by atoms with Gasteiger partial charge in [0.05, 0.1) is 6.10 Å². The van der Waals surface area contributed by atoms with Crippen molar-refractivity contribution in [1.82, 2.24) is 5.32 Å². The van der Waals surface area contributed by atoms with Crippen molar-refractivity contribution >= 4 is 11.3 Å². The first-order valence-corrected chi connectivity index (χ1v) is 6.64. The molecule has 3 heteroatoms. The van der Waals surface area contributed by atoms with Crippen LogP contribution in [-0.4, -0.2) is 18.8 Å². The van der Waals surface area contributed by atoms with Gasteiger partial charge < -0.3 is 10.1 Å². The molecule has 1 aliphatic heterocycles. The predicted octanol–water partition coefficient (Wildman–Crippen LogP) is 2.80. The van der Waals surface area contributed by atoms with Crippen LogP contribution in [0.25, 0.3) is 0 Å². The highest BCUT2D eigenvalue weighted by Gasteiger charge is 2.20. The molecule has 0 amide bonds. The number of nitrogens with one attached hydrogen (secondary N) is 1. The first-order valence-electron chi connectivity index (χ1n) is 5.76. The third kappa shape index (κ3) is 3.30. The van der Waals surface area contributed by atoms with Crippen LogP contribution in [0.15, 0.2) is 17.5 Å². The second kappa shape index (κ2) is 5.64. The molecule has 2 rings (SSSR count). The minimum absolute atomic E-state index is 0.472. The van der Waals surface area contributed by atoms with Gasteiger partial charge in [-0.05, 0) is 30.7 Å². The molecule has 2 unspecified atom stereocenters. The summed E-state index contributed by atoms with van der Waals surface area (Å²) in [6.07, 6.45) is 3.93. The molecule has 0 aromatic carbocycles. The van der Waals surface area contributed by atoms with Crippen LogP contribution in [0, 0.1) is 0 Å². The Labute approximate surface area is 95.6 Å². The van der Waals surface area contributed by atoms with Gasteiger partial charge in [-0.1, -0.05) is 13.0 Å². The molecular weight excluding hydrogens is 206 g/mol. The molecule has 1 aromatic heterocycles. The van der Waals surface area contributed by atoms with Gasteiger partial charge >= 0.3 is 0 Å². The summed E-state index contributed by atoms with van der Waals surface area (Å²) in [6, 6.07) is 4.94. The summed E-state index contributed by atoms with van der Waals surface area (Å²) in [5.41, 5.74) is 0. The van der Waals surface area contributed by atoms with Crippen molar-refractivity contribution in [2.45, 2.75) is 44.9 Å². The molecule has 1 aromatic rings. The van der Waals surface area contributed by atoms with Gasteiger partial charge in [0, 0.05) is 24.1 Å². The van der Waals surface area contributed by atoms with Crippen molar-refractivity contribution in [2.75, 3.05) is 6.61 Å². The van der Waals surface area contributed by atoms with E-state index in [9.17, 15) is 0 Å². The lowest BCUT2D eigenvalue weighted by molar-refractivity contribution is -0.000275. The van der Waals surface area contributed by atoms with Gasteiger partial charge in [0.15, 0.2) is 0 Å². The molecule has 84 valence electrons. The van der Waals surface area contributed by atoms with Gasteiger partial charge in [0.25, 0.3) is 0 Å². The minimum atomic E-state index is 0.472. The van der Waals surface area contributed by atoms with Gasteiger partial charge in [0.1, 0.15) is 0 Å². The van der Waals surface area contributed by atoms with Gasteiger partial charge in [-0.3, -0.25) is 0 Å². The molecule has 0 spiro atoms. The zero-order valence-electron chi connectivity index (χ0n) is 9.24. The van der Waals surface area contributed by atoms with Crippen molar-refractivity contribution < 1.29 is 4.74 Å². The Balaban J connectivity index is 1.74. The zero-order valence-corrected chi connectivity index (χ0v) is 10.1. The molecule has 1 N–H and O–H groups in total. The van der Waals surface area contributed by atoms with Gasteiger partial charge in [-0.15, -0.1) is 11.3 Å². The lowest BCUT2D eigenvalue weighted by Gasteiger charge is -2.29. The highest BCUT2D eigenvalue weighted by atomic mass is 32.1. The van der Waals surface area contributed by atoms with Crippen molar-refractivity contribution in [3.8, 4) is 0 Å². The number of thiophene rings is 1. The van der Waals surface area contributed by atoms with Crippen LogP contribution in [0.3, 0.4) is 0 Å². The van der Waals surface area contributed by atoms with Crippen LogP contribution < -0.4 is 5.32 Å². The van der Waals surface area contributed by atoms with Gasteiger partial charge in [-0.2, -0.15) is 0 Å². The van der Waals surface area contributed by atoms with Crippen molar-refractivity contribution in [2.24, 2.45) is 0 Å². The maximum absolute atomic E-state index is 5.66. The quantitative estimate of drug-likeness (QED) is 0.851. The average molecular weight is 225 g/mol. The Morgan fingerprint density at radius 1 is 1.60 bits per heavy atom. The number of ether oxygens (including phenoxy) is 1. The second-order valence-electron chi connectivity index (χ2n) is 4.08. The molecule has 0 radical (unpaired) electrons. The molecule has 1 saturated heterocycles. The van der Waals surface area contributed by atoms with Crippen molar-refractivity contribution in [3.05, 3.63) is 22.4 Å². The highest BCUT2D eigenvalue weighted by Crippen LogP contribution is 2.17. The smallest absolute Gasteiger partial charge is 0.0587 e. The fourth-order valence-electron chi connectivity index (χ4n) is 2.01.